The normalized spacial score (nSPS) is 15.5. The Morgan fingerprint density at radius 1 is 1.28 bits per heavy atom. The molecule has 1 heterocycles. The van der Waals surface area contributed by atoms with Crippen LogP contribution in [0.5, 0.6) is 0 Å². The van der Waals surface area contributed by atoms with Crippen LogP contribution in [0.15, 0.2) is 41.3 Å². The van der Waals surface area contributed by atoms with Crippen molar-refractivity contribution in [2.75, 3.05) is 20.0 Å². The second-order valence-corrected chi connectivity index (χ2v) is 9.73. The fraction of sp³-hybridized carbons (Fsp3) is 0.476. The number of benzene rings is 1. The molecule has 1 saturated carbocycles. The van der Waals surface area contributed by atoms with Gasteiger partial charge in [0, 0.05) is 6.26 Å². The molecule has 11 heteroatoms. The number of hydrogen-bond acceptors (Lipinski definition) is 8. The summed E-state index contributed by atoms with van der Waals surface area (Å²) in [4.78, 5) is 20.1. The largest absolute Gasteiger partial charge is 0.314 e. The fourth-order valence-corrected chi connectivity index (χ4v) is 4.49. The Morgan fingerprint density at radius 3 is 2.56 bits per heavy atom. The van der Waals surface area contributed by atoms with Crippen molar-refractivity contribution >= 4 is 15.5 Å². The molecule has 1 aliphatic carbocycles. The summed E-state index contributed by atoms with van der Waals surface area (Å²) in [7, 11) is -1.81. The predicted octanol–water partition coefficient (Wildman–Crippen LogP) is 3.55. The summed E-state index contributed by atoms with van der Waals surface area (Å²) >= 11 is 0. The maximum absolute atomic E-state index is 11.8. The van der Waals surface area contributed by atoms with Gasteiger partial charge >= 0.3 is 0 Å². The lowest BCUT2D eigenvalue weighted by molar-refractivity contribution is -0.757. The van der Waals surface area contributed by atoms with Crippen LogP contribution in [-0.4, -0.2) is 43.3 Å². The van der Waals surface area contributed by atoms with Crippen molar-refractivity contribution in [3.05, 3.63) is 52.2 Å². The Labute approximate surface area is 187 Å². The Morgan fingerprint density at radius 2 is 1.97 bits per heavy atom. The van der Waals surface area contributed by atoms with E-state index in [0.717, 1.165) is 36.9 Å². The number of rotatable bonds is 10. The van der Waals surface area contributed by atoms with Crippen LogP contribution in [0.25, 0.3) is 17.0 Å². The Hall–Kier alpha value is -2.92. The predicted molar refractivity (Wildman–Crippen MR) is 119 cm³/mol. The molecule has 0 spiro atoms. The SMILES string of the molecule is CONC(=CCCO[N+](=O)[O-])c1cc(-c2ccc(S(C)(=O)=O)cc2)n(C2CCCCC2)n1. The van der Waals surface area contributed by atoms with Crippen molar-refractivity contribution in [1.82, 2.24) is 15.3 Å². The van der Waals surface area contributed by atoms with Crippen LogP contribution in [-0.2, 0) is 19.5 Å². The van der Waals surface area contributed by atoms with Crippen LogP contribution in [0.2, 0.25) is 0 Å². The minimum Gasteiger partial charge on any atom is -0.314 e. The van der Waals surface area contributed by atoms with E-state index in [9.17, 15) is 18.5 Å². The first-order valence-corrected chi connectivity index (χ1v) is 12.4. The fourth-order valence-electron chi connectivity index (χ4n) is 3.86. The summed E-state index contributed by atoms with van der Waals surface area (Å²) in [6, 6.07) is 8.92. The van der Waals surface area contributed by atoms with E-state index in [2.05, 4.69) is 10.3 Å². The van der Waals surface area contributed by atoms with E-state index >= 15 is 0 Å². The van der Waals surface area contributed by atoms with Crippen molar-refractivity contribution in [1.29, 1.82) is 0 Å². The second-order valence-electron chi connectivity index (χ2n) is 7.72. The molecule has 0 atom stereocenters. The standard InChI is InChI=1S/C21H28N4O6S/c1-30-23-19(9-6-14-31-25(26)27)20-15-21(24(22-20)17-7-4-3-5-8-17)16-10-12-18(13-11-16)32(2,28)29/h9-13,15,17,23H,3-8,14H2,1-2H3. The number of sulfone groups is 1. The van der Waals surface area contributed by atoms with Crippen LogP contribution >= 0.6 is 0 Å². The minimum absolute atomic E-state index is 0.0783. The van der Waals surface area contributed by atoms with Gasteiger partial charge in [-0.05, 0) is 43.0 Å². The molecule has 0 unspecified atom stereocenters. The highest BCUT2D eigenvalue weighted by molar-refractivity contribution is 7.90. The molecule has 1 N–H and O–H groups in total. The Kier molecular flexibility index (Phi) is 7.86. The molecule has 0 radical (unpaired) electrons. The third-order valence-corrected chi connectivity index (χ3v) is 6.51. The molecule has 10 nitrogen and oxygen atoms in total. The van der Waals surface area contributed by atoms with Crippen LogP contribution in [0.4, 0.5) is 0 Å². The quantitative estimate of drug-likeness (QED) is 0.321. The number of nitrogens with one attached hydrogen (secondary N) is 1. The topological polar surface area (TPSA) is 126 Å². The molecule has 0 amide bonds. The van der Waals surface area contributed by atoms with Gasteiger partial charge in [-0.1, -0.05) is 37.5 Å². The first-order valence-electron chi connectivity index (χ1n) is 10.5. The number of aromatic nitrogens is 2. The summed E-state index contributed by atoms with van der Waals surface area (Å²) in [5.41, 5.74) is 5.72. The van der Waals surface area contributed by atoms with Gasteiger partial charge in [0.15, 0.2) is 9.84 Å². The summed E-state index contributed by atoms with van der Waals surface area (Å²) in [5, 5.41) is 14.4. The van der Waals surface area contributed by atoms with Crippen molar-refractivity contribution < 1.29 is 23.2 Å². The maximum atomic E-state index is 11.8. The molecule has 174 valence electrons. The summed E-state index contributed by atoms with van der Waals surface area (Å²) in [6.45, 7) is -0.0783. The van der Waals surface area contributed by atoms with E-state index in [4.69, 9.17) is 9.94 Å². The highest BCUT2D eigenvalue weighted by atomic mass is 32.2. The van der Waals surface area contributed by atoms with Gasteiger partial charge in [-0.2, -0.15) is 5.10 Å². The van der Waals surface area contributed by atoms with Gasteiger partial charge in [0.1, 0.15) is 12.3 Å². The van der Waals surface area contributed by atoms with Crippen molar-refractivity contribution in [2.45, 2.75) is 49.5 Å². The highest BCUT2D eigenvalue weighted by Crippen LogP contribution is 2.34. The van der Waals surface area contributed by atoms with Gasteiger partial charge in [0.2, 0.25) is 0 Å². The molecule has 1 aliphatic rings. The monoisotopic (exact) mass is 464 g/mol. The molecule has 0 saturated heterocycles. The second kappa shape index (κ2) is 10.6. The van der Waals surface area contributed by atoms with E-state index in [-0.39, 0.29) is 17.5 Å². The summed E-state index contributed by atoms with van der Waals surface area (Å²) in [6.07, 6.45) is 8.70. The first kappa shape index (κ1) is 23.7. The van der Waals surface area contributed by atoms with E-state index in [1.165, 1.54) is 19.8 Å². The van der Waals surface area contributed by atoms with Crippen molar-refractivity contribution in [3.63, 3.8) is 0 Å². The maximum Gasteiger partial charge on any atom is 0.294 e. The first-order chi connectivity index (χ1) is 15.3. The van der Waals surface area contributed by atoms with Gasteiger partial charge in [0.05, 0.1) is 29.4 Å². The van der Waals surface area contributed by atoms with Crippen LogP contribution < -0.4 is 5.48 Å². The molecular formula is C21H28N4O6S. The molecule has 1 aromatic heterocycles. The van der Waals surface area contributed by atoms with Crippen molar-refractivity contribution in [2.24, 2.45) is 0 Å². The molecule has 0 bridgehead atoms. The van der Waals surface area contributed by atoms with Crippen LogP contribution in [0.3, 0.4) is 0 Å². The summed E-state index contributed by atoms with van der Waals surface area (Å²) < 4.78 is 25.7. The van der Waals surface area contributed by atoms with E-state index in [0.29, 0.717) is 17.8 Å². The number of hydrogen-bond donors (Lipinski definition) is 1. The van der Waals surface area contributed by atoms with E-state index < -0.39 is 14.9 Å². The molecule has 2 aromatic rings. The summed E-state index contributed by atoms with van der Waals surface area (Å²) in [5.74, 6) is 0. The Bertz CT molecular complexity index is 1060. The molecule has 1 aromatic carbocycles. The van der Waals surface area contributed by atoms with Crippen LogP contribution in [0, 0.1) is 10.1 Å². The van der Waals surface area contributed by atoms with Gasteiger partial charge in [-0.25, -0.2) is 8.42 Å². The van der Waals surface area contributed by atoms with Gasteiger partial charge in [0.25, 0.3) is 5.09 Å². The molecule has 3 rings (SSSR count). The number of hydroxylamine groups is 1. The third-order valence-electron chi connectivity index (χ3n) is 5.39. The molecular weight excluding hydrogens is 436 g/mol. The average molecular weight is 465 g/mol. The Balaban J connectivity index is 1.97. The van der Waals surface area contributed by atoms with Gasteiger partial charge < -0.3 is 4.84 Å². The zero-order valence-corrected chi connectivity index (χ0v) is 19.0. The lowest BCUT2D eigenvalue weighted by Gasteiger charge is -2.24. The third kappa shape index (κ3) is 6.07. The highest BCUT2D eigenvalue weighted by Gasteiger charge is 2.22. The lowest BCUT2D eigenvalue weighted by atomic mass is 9.95. The van der Waals surface area contributed by atoms with Gasteiger partial charge in [-0.3, -0.25) is 15.0 Å². The molecule has 32 heavy (non-hydrogen) atoms. The van der Waals surface area contributed by atoms with Gasteiger partial charge in [-0.15, -0.1) is 10.1 Å². The zero-order chi connectivity index (χ0) is 23.1. The molecule has 0 aliphatic heterocycles. The number of nitrogens with zero attached hydrogens (tertiary/aromatic N) is 3. The van der Waals surface area contributed by atoms with Crippen LogP contribution in [0.1, 0.15) is 50.3 Å². The van der Waals surface area contributed by atoms with E-state index in [1.54, 1.807) is 30.3 Å². The minimum atomic E-state index is -3.28. The van der Waals surface area contributed by atoms with E-state index in [1.807, 2.05) is 10.7 Å². The zero-order valence-electron chi connectivity index (χ0n) is 18.2. The molecule has 1 fully saturated rings. The average Bonchev–Trinajstić information content (AvgIpc) is 3.21. The van der Waals surface area contributed by atoms with Crippen molar-refractivity contribution in [3.8, 4) is 11.3 Å². The lowest BCUT2D eigenvalue weighted by Crippen LogP contribution is -2.16. The smallest absolute Gasteiger partial charge is 0.294 e.